The molecule has 0 saturated heterocycles. The fourth-order valence-corrected chi connectivity index (χ4v) is 2.51. The minimum atomic E-state index is -0.288. The van der Waals surface area contributed by atoms with Gasteiger partial charge in [0.25, 0.3) is 0 Å². The van der Waals surface area contributed by atoms with Crippen LogP contribution in [0.15, 0.2) is 34.8 Å². The largest absolute Gasteiger partial charge is 0.495 e. The first-order valence-electron chi connectivity index (χ1n) is 6.14. The Morgan fingerprint density at radius 1 is 1.14 bits per heavy atom. The second-order valence-corrected chi connectivity index (χ2v) is 5.55. The van der Waals surface area contributed by atoms with E-state index in [0.29, 0.717) is 27.5 Å². The molecule has 6 heteroatoms. The summed E-state index contributed by atoms with van der Waals surface area (Å²) in [7, 11) is 3.12. The molecule has 0 spiro atoms. The molecule has 2 aromatic carbocycles. The van der Waals surface area contributed by atoms with E-state index in [0.717, 1.165) is 11.3 Å². The summed E-state index contributed by atoms with van der Waals surface area (Å²) < 4.78 is 24.1. The number of ether oxygens (including phenoxy) is 2. The van der Waals surface area contributed by atoms with Crippen molar-refractivity contribution in [1.82, 2.24) is 0 Å². The van der Waals surface area contributed by atoms with E-state index in [-0.39, 0.29) is 5.82 Å². The van der Waals surface area contributed by atoms with Gasteiger partial charge in [0.1, 0.15) is 17.3 Å². The molecule has 0 fully saturated rings. The summed E-state index contributed by atoms with van der Waals surface area (Å²) in [5.74, 6) is 0.879. The Morgan fingerprint density at radius 2 is 1.86 bits per heavy atom. The third kappa shape index (κ3) is 3.80. The molecule has 0 amide bonds. The topological polar surface area (TPSA) is 30.5 Å². The molecule has 0 atom stereocenters. The number of hydrogen-bond acceptors (Lipinski definition) is 3. The molecule has 2 rings (SSSR count). The average molecular weight is 375 g/mol. The summed E-state index contributed by atoms with van der Waals surface area (Å²) in [6.45, 7) is 0.512. The van der Waals surface area contributed by atoms with Crippen LogP contribution in [0, 0.1) is 5.82 Å². The molecule has 0 aliphatic heterocycles. The Labute approximate surface area is 136 Å². The van der Waals surface area contributed by atoms with Gasteiger partial charge in [-0.1, -0.05) is 17.7 Å². The molecular formula is C15H14BrClFNO2. The van der Waals surface area contributed by atoms with E-state index in [4.69, 9.17) is 21.1 Å². The minimum absolute atomic E-state index is 0.288. The lowest BCUT2D eigenvalue weighted by Gasteiger charge is -2.14. The number of halogens is 3. The Hall–Kier alpha value is -1.46. The van der Waals surface area contributed by atoms with Crippen LogP contribution in [0.3, 0.4) is 0 Å². The van der Waals surface area contributed by atoms with Crippen molar-refractivity contribution in [2.24, 2.45) is 0 Å². The van der Waals surface area contributed by atoms with Crippen LogP contribution in [-0.2, 0) is 6.54 Å². The molecule has 0 radical (unpaired) electrons. The van der Waals surface area contributed by atoms with Crippen LogP contribution in [0.2, 0.25) is 5.02 Å². The van der Waals surface area contributed by atoms with E-state index in [1.165, 1.54) is 6.07 Å². The van der Waals surface area contributed by atoms with E-state index in [2.05, 4.69) is 21.2 Å². The molecule has 112 valence electrons. The first-order valence-corrected chi connectivity index (χ1v) is 7.31. The van der Waals surface area contributed by atoms with Gasteiger partial charge in [-0.3, -0.25) is 0 Å². The predicted octanol–water partition coefficient (Wildman–Crippen LogP) is 4.87. The van der Waals surface area contributed by atoms with Crippen molar-refractivity contribution in [2.45, 2.75) is 6.54 Å². The highest BCUT2D eigenvalue weighted by molar-refractivity contribution is 9.10. The SMILES string of the molecule is COc1cc(OC)c(NCc2ccc(F)c(Br)c2)cc1Cl. The van der Waals surface area contributed by atoms with Gasteiger partial charge < -0.3 is 14.8 Å². The number of nitrogens with one attached hydrogen (secondary N) is 1. The summed E-state index contributed by atoms with van der Waals surface area (Å²) in [4.78, 5) is 0. The number of rotatable bonds is 5. The smallest absolute Gasteiger partial charge is 0.145 e. The number of anilines is 1. The molecule has 1 N–H and O–H groups in total. The van der Waals surface area contributed by atoms with E-state index >= 15 is 0 Å². The Morgan fingerprint density at radius 3 is 2.48 bits per heavy atom. The molecule has 0 aliphatic rings. The zero-order chi connectivity index (χ0) is 15.4. The molecule has 2 aromatic rings. The highest BCUT2D eigenvalue weighted by Gasteiger charge is 2.10. The lowest BCUT2D eigenvalue weighted by molar-refractivity contribution is 0.395. The van der Waals surface area contributed by atoms with Crippen LogP contribution >= 0.6 is 27.5 Å². The van der Waals surface area contributed by atoms with Gasteiger partial charge in [-0.25, -0.2) is 4.39 Å². The summed E-state index contributed by atoms with van der Waals surface area (Å²) in [6.07, 6.45) is 0. The second kappa shape index (κ2) is 7.00. The third-order valence-electron chi connectivity index (χ3n) is 2.94. The van der Waals surface area contributed by atoms with Gasteiger partial charge in [-0.05, 0) is 39.7 Å². The fourth-order valence-electron chi connectivity index (χ4n) is 1.85. The van der Waals surface area contributed by atoms with Crippen molar-refractivity contribution in [3.8, 4) is 11.5 Å². The lowest BCUT2D eigenvalue weighted by Crippen LogP contribution is -2.02. The summed E-state index contributed by atoms with van der Waals surface area (Å²) in [5.41, 5.74) is 1.67. The van der Waals surface area contributed by atoms with Gasteiger partial charge in [0.2, 0.25) is 0 Å². The normalized spacial score (nSPS) is 10.3. The maximum atomic E-state index is 13.2. The van der Waals surface area contributed by atoms with Crippen LogP contribution in [0.25, 0.3) is 0 Å². The zero-order valence-corrected chi connectivity index (χ0v) is 13.9. The van der Waals surface area contributed by atoms with Gasteiger partial charge in [-0.15, -0.1) is 0 Å². The van der Waals surface area contributed by atoms with E-state index in [1.54, 1.807) is 38.5 Å². The third-order valence-corrected chi connectivity index (χ3v) is 3.84. The van der Waals surface area contributed by atoms with Crippen molar-refractivity contribution in [2.75, 3.05) is 19.5 Å². The molecule has 21 heavy (non-hydrogen) atoms. The molecular weight excluding hydrogens is 361 g/mol. The monoisotopic (exact) mass is 373 g/mol. The van der Waals surface area contributed by atoms with Crippen LogP contribution in [0.5, 0.6) is 11.5 Å². The Balaban J connectivity index is 2.19. The van der Waals surface area contributed by atoms with E-state index < -0.39 is 0 Å². The van der Waals surface area contributed by atoms with Crippen molar-refractivity contribution >= 4 is 33.2 Å². The fraction of sp³-hybridized carbons (Fsp3) is 0.200. The predicted molar refractivity (Wildman–Crippen MR) is 86.0 cm³/mol. The lowest BCUT2D eigenvalue weighted by atomic mass is 10.2. The molecule has 0 aromatic heterocycles. The van der Waals surface area contributed by atoms with Crippen molar-refractivity contribution in [3.63, 3.8) is 0 Å². The minimum Gasteiger partial charge on any atom is -0.495 e. The van der Waals surface area contributed by atoms with Gasteiger partial charge in [0.05, 0.1) is 29.4 Å². The molecule has 3 nitrogen and oxygen atoms in total. The maximum Gasteiger partial charge on any atom is 0.145 e. The average Bonchev–Trinajstić information content (AvgIpc) is 2.48. The van der Waals surface area contributed by atoms with Crippen molar-refractivity contribution in [3.05, 3.63) is 51.2 Å². The highest BCUT2D eigenvalue weighted by Crippen LogP contribution is 2.36. The first kappa shape index (κ1) is 15.9. The van der Waals surface area contributed by atoms with Crippen LogP contribution in [0.1, 0.15) is 5.56 Å². The molecule has 0 saturated carbocycles. The molecule has 0 unspecified atom stereocenters. The quantitative estimate of drug-likeness (QED) is 0.810. The maximum absolute atomic E-state index is 13.2. The van der Waals surface area contributed by atoms with Crippen LogP contribution in [0.4, 0.5) is 10.1 Å². The van der Waals surface area contributed by atoms with Gasteiger partial charge in [0.15, 0.2) is 0 Å². The highest BCUT2D eigenvalue weighted by atomic mass is 79.9. The summed E-state index contributed by atoms with van der Waals surface area (Å²) in [6, 6.07) is 8.30. The Bertz CT molecular complexity index is 652. The van der Waals surface area contributed by atoms with Crippen molar-refractivity contribution < 1.29 is 13.9 Å². The number of methoxy groups -OCH3 is 2. The van der Waals surface area contributed by atoms with Gasteiger partial charge in [-0.2, -0.15) is 0 Å². The van der Waals surface area contributed by atoms with E-state index in [9.17, 15) is 4.39 Å². The summed E-state index contributed by atoms with van der Waals surface area (Å²) >= 11 is 9.27. The van der Waals surface area contributed by atoms with Crippen LogP contribution < -0.4 is 14.8 Å². The van der Waals surface area contributed by atoms with E-state index in [1.807, 2.05) is 0 Å². The number of hydrogen-bond donors (Lipinski definition) is 1. The first-order chi connectivity index (χ1) is 10.0. The van der Waals surface area contributed by atoms with Crippen LogP contribution in [-0.4, -0.2) is 14.2 Å². The number of benzene rings is 2. The molecule has 0 bridgehead atoms. The molecule has 0 heterocycles. The zero-order valence-electron chi connectivity index (χ0n) is 11.5. The molecule has 0 aliphatic carbocycles. The standard InChI is InChI=1S/C15H14BrClFNO2/c1-20-14-7-15(21-2)13(6-11(14)17)19-8-9-3-4-12(18)10(16)5-9/h3-7,19H,8H2,1-2H3. The van der Waals surface area contributed by atoms with Gasteiger partial charge >= 0.3 is 0 Å². The Kier molecular flexibility index (Phi) is 5.31. The second-order valence-electron chi connectivity index (χ2n) is 4.29. The summed E-state index contributed by atoms with van der Waals surface area (Å²) in [5, 5.41) is 3.70. The van der Waals surface area contributed by atoms with Crippen molar-refractivity contribution in [1.29, 1.82) is 0 Å². The van der Waals surface area contributed by atoms with Gasteiger partial charge in [0, 0.05) is 12.6 Å².